The molecule has 0 aliphatic carbocycles. The van der Waals surface area contributed by atoms with Crippen LogP contribution in [0.25, 0.3) is 0 Å². The zero-order valence-electron chi connectivity index (χ0n) is 26.4. The van der Waals surface area contributed by atoms with Crippen molar-refractivity contribution in [2.24, 2.45) is 0 Å². The molecule has 1 aromatic heterocycles. The van der Waals surface area contributed by atoms with Crippen molar-refractivity contribution in [1.82, 2.24) is 30.4 Å². The Kier molecular flexibility index (Phi) is 7.90. The fraction of sp³-hybridized carbons (Fsp3) is 0.297. The average Bonchev–Trinajstić information content (AvgIpc) is 3.62. The first-order chi connectivity index (χ1) is 22.3. The van der Waals surface area contributed by atoms with Gasteiger partial charge in [-0.25, -0.2) is 4.68 Å². The van der Waals surface area contributed by atoms with Gasteiger partial charge < -0.3 is 9.64 Å². The number of nitrogens with zero attached hydrogens (tertiary/aromatic N) is 5. The third-order valence-corrected chi connectivity index (χ3v) is 10.4. The second-order valence-electron chi connectivity index (χ2n) is 12.7. The van der Waals surface area contributed by atoms with Crippen molar-refractivity contribution in [3.05, 3.63) is 143 Å². The maximum atomic E-state index is 14.4. The van der Waals surface area contributed by atoms with Crippen LogP contribution in [-0.4, -0.2) is 53.3 Å². The maximum absolute atomic E-state index is 14.4. The minimum Gasteiger partial charge on any atom is -0.491 e. The molecule has 8 nitrogen and oxygen atoms in total. The first-order valence-corrected chi connectivity index (χ1v) is 16.6. The molecule has 0 bridgehead atoms. The summed E-state index contributed by atoms with van der Waals surface area (Å²) in [7, 11) is 0. The van der Waals surface area contributed by atoms with Crippen LogP contribution in [-0.2, 0) is 16.9 Å². The normalized spacial score (nSPS) is 20.4. The fourth-order valence-corrected chi connectivity index (χ4v) is 8.48. The Morgan fingerprint density at radius 1 is 0.848 bits per heavy atom. The van der Waals surface area contributed by atoms with E-state index in [1.54, 1.807) is 11.8 Å². The number of hydrogen-bond donors (Lipinski definition) is 1. The fourth-order valence-electron chi connectivity index (χ4n) is 6.85. The SMILES string of the molecule is CC(C)Oc1ccc(Cn2nnnc2C2N3C(=O)C(NC(c4ccccc4)(c4ccccc4)c4ccccc4)C3SC2(C)C)cc1. The second kappa shape index (κ2) is 12.0. The summed E-state index contributed by atoms with van der Waals surface area (Å²) in [5, 5.41) is 16.8. The zero-order valence-corrected chi connectivity index (χ0v) is 27.3. The molecule has 2 aliphatic heterocycles. The van der Waals surface area contributed by atoms with Gasteiger partial charge in [0.25, 0.3) is 0 Å². The number of carbonyl (C=O) groups is 1. The average molecular weight is 631 g/mol. The molecule has 4 aromatic carbocycles. The molecule has 7 rings (SSSR count). The molecule has 3 atom stereocenters. The number of tetrazole rings is 1. The molecule has 1 N–H and O–H groups in total. The number of thioether (sulfide) groups is 1. The van der Waals surface area contributed by atoms with E-state index in [2.05, 4.69) is 107 Å². The molecule has 2 fully saturated rings. The van der Waals surface area contributed by atoms with Crippen LogP contribution >= 0.6 is 11.8 Å². The van der Waals surface area contributed by atoms with E-state index in [1.165, 1.54) is 0 Å². The van der Waals surface area contributed by atoms with Gasteiger partial charge in [0.15, 0.2) is 5.82 Å². The van der Waals surface area contributed by atoms with Crippen molar-refractivity contribution in [3.8, 4) is 5.75 Å². The number of nitrogens with one attached hydrogen (secondary N) is 1. The monoisotopic (exact) mass is 630 g/mol. The summed E-state index contributed by atoms with van der Waals surface area (Å²) < 4.78 is 7.31. The van der Waals surface area contributed by atoms with Crippen LogP contribution in [0.15, 0.2) is 115 Å². The Morgan fingerprint density at radius 2 is 1.39 bits per heavy atom. The highest BCUT2D eigenvalue weighted by atomic mass is 32.2. The minimum atomic E-state index is -0.744. The van der Waals surface area contributed by atoms with Gasteiger partial charge in [-0.2, -0.15) is 0 Å². The van der Waals surface area contributed by atoms with E-state index in [9.17, 15) is 4.79 Å². The minimum absolute atomic E-state index is 0.0463. The number of amides is 1. The lowest BCUT2D eigenvalue weighted by Crippen LogP contribution is -2.70. The van der Waals surface area contributed by atoms with Gasteiger partial charge in [0.2, 0.25) is 5.91 Å². The van der Waals surface area contributed by atoms with Crippen LogP contribution in [0.3, 0.4) is 0 Å². The maximum Gasteiger partial charge on any atom is 0.244 e. The lowest BCUT2D eigenvalue weighted by Gasteiger charge is -2.49. The molecule has 3 heterocycles. The summed E-state index contributed by atoms with van der Waals surface area (Å²) in [6, 6.07) is 38.5. The Morgan fingerprint density at radius 3 is 1.91 bits per heavy atom. The standard InChI is InChI=1S/C37H38N6O2S/c1-25(2)45-30-22-20-26(21-23-30)24-42-33(39-40-41-42)32-36(3,4)46-35-31(34(44)43(32)35)38-37(27-14-8-5-9-15-27,28-16-10-6-11-17-28)29-18-12-7-13-19-29/h5-23,25,31-32,35,38H,24H2,1-4H3. The summed E-state index contributed by atoms with van der Waals surface area (Å²) in [5.74, 6) is 1.56. The first-order valence-electron chi connectivity index (χ1n) is 15.7. The smallest absolute Gasteiger partial charge is 0.244 e. The van der Waals surface area contributed by atoms with Crippen molar-refractivity contribution in [3.63, 3.8) is 0 Å². The topological polar surface area (TPSA) is 85.2 Å². The van der Waals surface area contributed by atoms with Gasteiger partial charge in [-0.1, -0.05) is 103 Å². The molecular formula is C37H38N6O2S. The van der Waals surface area contributed by atoms with E-state index >= 15 is 0 Å². The Bertz CT molecular complexity index is 1700. The Balaban J connectivity index is 1.21. The van der Waals surface area contributed by atoms with Gasteiger partial charge >= 0.3 is 0 Å². The van der Waals surface area contributed by atoms with Crippen molar-refractivity contribution >= 4 is 17.7 Å². The van der Waals surface area contributed by atoms with Crippen LogP contribution in [0.5, 0.6) is 5.75 Å². The van der Waals surface area contributed by atoms with Crippen LogP contribution < -0.4 is 10.1 Å². The molecule has 0 saturated carbocycles. The molecule has 3 unspecified atom stereocenters. The Hall–Kier alpha value is -4.47. The summed E-state index contributed by atoms with van der Waals surface area (Å²) in [5.41, 5.74) is 3.53. The molecule has 234 valence electrons. The molecular weight excluding hydrogens is 593 g/mol. The second-order valence-corrected chi connectivity index (χ2v) is 14.5. The molecule has 5 aromatic rings. The number of ether oxygens (including phenoxy) is 1. The van der Waals surface area contributed by atoms with E-state index < -0.39 is 11.6 Å². The van der Waals surface area contributed by atoms with Gasteiger partial charge in [0.1, 0.15) is 23.2 Å². The number of rotatable bonds is 10. The van der Waals surface area contributed by atoms with Crippen molar-refractivity contribution < 1.29 is 9.53 Å². The van der Waals surface area contributed by atoms with E-state index in [0.717, 1.165) is 28.0 Å². The number of β-lactam (4-membered cyclic amide) rings is 1. The van der Waals surface area contributed by atoms with Crippen molar-refractivity contribution in [2.45, 2.75) is 68.1 Å². The number of fused-ring (bicyclic) bond motifs is 1. The van der Waals surface area contributed by atoms with Crippen molar-refractivity contribution in [1.29, 1.82) is 0 Å². The molecule has 0 radical (unpaired) electrons. The third kappa shape index (κ3) is 5.27. The quantitative estimate of drug-likeness (QED) is 0.145. The highest BCUT2D eigenvalue weighted by Gasteiger charge is 2.64. The number of carbonyl (C=O) groups excluding carboxylic acids is 1. The van der Waals surface area contributed by atoms with Gasteiger partial charge in [-0.3, -0.25) is 10.1 Å². The number of benzene rings is 4. The largest absolute Gasteiger partial charge is 0.491 e. The summed E-state index contributed by atoms with van der Waals surface area (Å²) in [6.07, 6.45) is 0.109. The lowest BCUT2D eigenvalue weighted by atomic mass is 9.76. The summed E-state index contributed by atoms with van der Waals surface area (Å²) >= 11 is 1.80. The van der Waals surface area contributed by atoms with Gasteiger partial charge in [0.05, 0.1) is 18.2 Å². The molecule has 2 saturated heterocycles. The van der Waals surface area contributed by atoms with Gasteiger partial charge in [-0.15, -0.1) is 16.9 Å². The van der Waals surface area contributed by atoms with E-state index in [4.69, 9.17) is 4.74 Å². The zero-order chi connectivity index (χ0) is 31.9. The summed E-state index contributed by atoms with van der Waals surface area (Å²) in [6.45, 7) is 8.88. The van der Waals surface area contributed by atoms with Gasteiger partial charge in [-0.05, 0) is 72.5 Å². The number of hydrogen-bond acceptors (Lipinski definition) is 7. The third-order valence-electron chi connectivity index (χ3n) is 8.87. The van der Waals surface area contributed by atoms with Crippen LogP contribution in [0.4, 0.5) is 0 Å². The molecule has 0 spiro atoms. The van der Waals surface area contributed by atoms with Crippen LogP contribution in [0.1, 0.15) is 61.8 Å². The van der Waals surface area contributed by atoms with E-state index in [-0.39, 0.29) is 28.2 Å². The predicted molar refractivity (Wildman–Crippen MR) is 180 cm³/mol. The molecule has 46 heavy (non-hydrogen) atoms. The molecule has 2 aliphatic rings. The van der Waals surface area contributed by atoms with Crippen molar-refractivity contribution in [2.75, 3.05) is 0 Å². The lowest BCUT2D eigenvalue weighted by molar-refractivity contribution is -0.150. The highest BCUT2D eigenvalue weighted by Crippen LogP contribution is 2.57. The van der Waals surface area contributed by atoms with E-state index in [0.29, 0.717) is 12.4 Å². The highest BCUT2D eigenvalue weighted by molar-refractivity contribution is 8.01. The molecule has 9 heteroatoms. The first kappa shape index (κ1) is 30.2. The summed E-state index contributed by atoms with van der Waals surface area (Å²) in [4.78, 5) is 16.3. The van der Waals surface area contributed by atoms with Crippen LogP contribution in [0.2, 0.25) is 0 Å². The number of aromatic nitrogens is 4. The molecule has 1 amide bonds. The van der Waals surface area contributed by atoms with E-state index in [1.807, 2.05) is 65.9 Å². The predicted octanol–water partition coefficient (Wildman–Crippen LogP) is 6.19. The van der Waals surface area contributed by atoms with Crippen LogP contribution in [0, 0.1) is 0 Å². The van der Waals surface area contributed by atoms with Gasteiger partial charge in [0, 0.05) is 4.75 Å². The Labute approximate surface area is 274 Å².